The zero-order valence-electron chi connectivity index (χ0n) is 12.8. The Hall–Kier alpha value is -1.10. The van der Waals surface area contributed by atoms with Gasteiger partial charge in [-0.2, -0.15) is 0 Å². The number of carbonyl (C=O) groups excluding carboxylic acids is 1. The number of carboxylic acid groups (broad SMARTS) is 1. The van der Waals surface area contributed by atoms with Crippen LogP contribution >= 0.6 is 0 Å². The molecule has 5 heteroatoms. The molecule has 1 heterocycles. The summed E-state index contributed by atoms with van der Waals surface area (Å²) in [5.74, 6) is -0.654. The number of carboxylic acids is 1. The summed E-state index contributed by atoms with van der Waals surface area (Å²) in [7, 11) is 0. The Morgan fingerprint density at radius 1 is 1.35 bits per heavy atom. The maximum atomic E-state index is 12.4. The number of likely N-dealkylation sites (tertiary alicyclic amines) is 1. The Labute approximate surface area is 121 Å². The van der Waals surface area contributed by atoms with Crippen LogP contribution in [0.3, 0.4) is 0 Å². The molecule has 0 saturated carbocycles. The average Bonchev–Trinajstić information content (AvgIpc) is 2.37. The van der Waals surface area contributed by atoms with Gasteiger partial charge in [-0.25, -0.2) is 4.79 Å². The van der Waals surface area contributed by atoms with E-state index in [0.29, 0.717) is 18.9 Å². The lowest BCUT2D eigenvalue weighted by Crippen LogP contribution is -2.51. The summed E-state index contributed by atoms with van der Waals surface area (Å²) >= 11 is 0. The molecule has 5 nitrogen and oxygen atoms in total. The van der Waals surface area contributed by atoms with Gasteiger partial charge in [0.15, 0.2) is 0 Å². The number of aliphatic carboxylic acids is 1. The third-order valence-corrected chi connectivity index (χ3v) is 4.15. The molecule has 0 aromatic carbocycles. The highest BCUT2D eigenvalue weighted by molar-refractivity contribution is 5.85. The highest BCUT2D eigenvalue weighted by atomic mass is 16.4. The molecule has 1 aliphatic heterocycles. The smallest absolute Gasteiger partial charge is 0.326 e. The van der Waals surface area contributed by atoms with Gasteiger partial charge in [0, 0.05) is 18.5 Å². The Balaban J connectivity index is 2.57. The Bertz CT molecular complexity index is 344. The number of piperidine rings is 1. The van der Waals surface area contributed by atoms with Crippen LogP contribution in [0.5, 0.6) is 0 Å². The van der Waals surface area contributed by atoms with Gasteiger partial charge in [-0.15, -0.1) is 0 Å². The van der Waals surface area contributed by atoms with E-state index < -0.39 is 12.0 Å². The quantitative estimate of drug-likeness (QED) is 0.779. The summed E-state index contributed by atoms with van der Waals surface area (Å²) in [5, 5.41) is 9.30. The lowest BCUT2D eigenvalue weighted by molar-refractivity contribution is -0.154. The first-order chi connectivity index (χ1) is 9.32. The SMILES string of the molecule is CC(N)CCCC(C)C(=O)N1CCC(C)CC1C(=O)O. The van der Waals surface area contributed by atoms with Crippen LogP contribution in [0.25, 0.3) is 0 Å². The first-order valence-corrected chi connectivity index (χ1v) is 7.61. The van der Waals surface area contributed by atoms with E-state index in [4.69, 9.17) is 5.73 Å². The summed E-state index contributed by atoms with van der Waals surface area (Å²) in [5.41, 5.74) is 5.70. The largest absolute Gasteiger partial charge is 0.480 e. The second-order valence-electron chi connectivity index (χ2n) is 6.32. The van der Waals surface area contributed by atoms with Crippen LogP contribution in [-0.2, 0) is 9.59 Å². The van der Waals surface area contributed by atoms with Crippen molar-refractivity contribution in [3.05, 3.63) is 0 Å². The molecule has 1 rings (SSSR count). The second-order valence-corrected chi connectivity index (χ2v) is 6.32. The number of amides is 1. The highest BCUT2D eigenvalue weighted by Crippen LogP contribution is 2.25. The number of hydrogen-bond donors (Lipinski definition) is 2. The maximum absolute atomic E-state index is 12.4. The summed E-state index contributed by atoms with van der Waals surface area (Å²) in [6.07, 6.45) is 4.04. The topological polar surface area (TPSA) is 83.6 Å². The van der Waals surface area contributed by atoms with Gasteiger partial charge in [-0.05, 0) is 38.5 Å². The molecule has 0 bridgehead atoms. The molecule has 4 unspecified atom stereocenters. The minimum atomic E-state index is -0.882. The molecule has 0 aliphatic carbocycles. The molecule has 0 aromatic heterocycles. The molecule has 4 atom stereocenters. The third-order valence-electron chi connectivity index (χ3n) is 4.15. The Kier molecular flexibility index (Phi) is 6.46. The van der Waals surface area contributed by atoms with E-state index in [2.05, 4.69) is 0 Å². The van der Waals surface area contributed by atoms with Gasteiger partial charge < -0.3 is 15.7 Å². The fourth-order valence-electron chi connectivity index (χ4n) is 2.79. The van der Waals surface area contributed by atoms with E-state index in [0.717, 1.165) is 25.7 Å². The molecular weight excluding hydrogens is 256 g/mol. The van der Waals surface area contributed by atoms with Gasteiger partial charge in [0.25, 0.3) is 0 Å². The van der Waals surface area contributed by atoms with Gasteiger partial charge in [-0.1, -0.05) is 20.3 Å². The first kappa shape index (κ1) is 17.0. The van der Waals surface area contributed by atoms with Gasteiger partial charge >= 0.3 is 5.97 Å². The second kappa shape index (κ2) is 7.62. The zero-order valence-corrected chi connectivity index (χ0v) is 12.8. The van der Waals surface area contributed by atoms with Crippen molar-refractivity contribution in [2.24, 2.45) is 17.6 Å². The zero-order chi connectivity index (χ0) is 15.3. The Morgan fingerprint density at radius 3 is 2.55 bits per heavy atom. The van der Waals surface area contributed by atoms with E-state index in [1.807, 2.05) is 20.8 Å². The van der Waals surface area contributed by atoms with Crippen molar-refractivity contribution < 1.29 is 14.7 Å². The number of nitrogens with two attached hydrogens (primary N) is 1. The fraction of sp³-hybridized carbons (Fsp3) is 0.867. The molecule has 0 aromatic rings. The molecule has 1 fully saturated rings. The molecule has 20 heavy (non-hydrogen) atoms. The normalized spacial score (nSPS) is 26.1. The van der Waals surface area contributed by atoms with Crippen molar-refractivity contribution in [2.75, 3.05) is 6.54 Å². The van der Waals surface area contributed by atoms with E-state index in [1.165, 1.54) is 0 Å². The molecule has 1 aliphatic rings. The molecule has 116 valence electrons. The predicted molar refractivity (Wildman–Crippen MR) is 78.2 cm³/mol. The van der Waals surface area contributed by atoms with Gasteiger partial charge in [-0.3, -0.25) is 4.79 Å². The van der Waals surface area contributed by atoms with Crippen LogP contribution in [0.4, 0.5) is 0 Å². The number of nitrogens with zero attached hydrogens (tertiary/aromatic N) is 1. The van der Waals surface area contributed by atoms with E-state index >= 15 is 0 Å². The summed E-state index contributed by atoms with van der Waals surface area (Å²) in [6, 6.07) is -0.498. The lowest BCUT2D eigenvalue weighted by Gasteiger charge is -2.37. The summed E-state index contributed by atoms with van der Waals surface area (Å²) < 4.78 is 0. The van der Waals surface area contributed by atoms with Crippen molar-refractivity contribution in [3.8, 4) is 0 Å². The van der Waals surface area contributed by atoms with E-state index in [-0.39, 0.29) is 17.9 Å². The Morgan fingerprint density at radius 2 is 2.00 bits per heavy atom. The molecule has 1 amide bonds. The molecule has 0 spiro atoms. The molecule has 0 radical (unpaired) electrons. The van der Waals surface area contributed by atoms with E-state index in [1.54, 1.807) is 4.90 Å². The first-order valence-electron chi connectivity index (χ1n) is 7.61. The number of hydrogen-bond acceptors (Lipinski definition) is 3. The van der Waals surface area contributed by atoms with Crippen LogP contribution < -0.4 is 5.73 Å². The fourth-order valence-corrected chi connectivity index (χ4v) is 2.79. The van der Waals surface area contributed by atoms with Crippen LogP contribution in [0.1, 0.15) is 52.9 Å². The molecule has 3 N–H and O–H groups in total. The summed E-state index contributed by atoms with van der Waals surface area (Å²) in [4.78, 5) is 25.3. The van der Waals surface area contributed by atoms with Crippen LogP contribution in [0.2, 0.25) is 0 Å². The minimum absolute atomic E-state index is 0.0195. The monoisotopic (exact) mass is 284 g/mol. The highest BCUT2D eigenvalue weighted by Gasteiger charge is 2.36. The van der Waals surface area contributed by atoms with Gasteiger partial charge in [0.1, 0.15) is 6.04 Å². The minimum Gasteiger partial charge on any atom is -0.480 e. The van der Waals surface area contributed by atoms with Crippen molar-refractivity contribution >= 4 is 11.9 Å². The molecular formula is C15H28N2O3. The van der Waals surface area contributed by atoms with Crippen molar-refractivity contribution in [1.29, 1.82) is 0 Å². The van der Waals surface area contributed by atoms with E-state index in [9.17, 15) is 14.7 Å². The average molecular weight is 284 g/mol. The van der Waals surface area contributed by atoms with Gasteiger partial charge in [0.05, 0.1) is 0 Å². The predicted octanol–water partition coefficient (Wildman–Crippen LogP) is 1.85. The van der Waals surface area contributed by atoms with Crippen LogP contribution in [-0.4, -0.2) is 40.5 Å². The number of carbonyl (C=O) groups is 2. The maximum Gasteiger partial charge on any atom is 0.326 e. The third kappa shape index (κ3) is 4.78. The standard InChI is InChI=1S/C15H28N2O3/c1-10-7-8-17(13(9-10)15(19)20)14(18)11(2)5-4-6-12(3)16/h10-13H,4-9,16H2,1-3H3,(H,19,20). The van der Waals surface area contributed by atoms with Gasteiger partial charge in [0.2, 0.25) is 5.91 Å². The van der Waals surface area contributed by atoms with Crippen molar-refractivity contribution in [3.63, 3.8) is 0 Å². The van der Waals surface area contributed by atoms with Crippen molar-refractivity contribution in [1.82, 2.24) is 4.90 Å². The van der Waals surface area contributed by atoms with Crippen LogP contribution in [0.15, 0.2) is 0 Å². The van der Waals surface area contributed by atoms with Crippen molar-refractivity contribution in [2.45, 2.75) is 65.0 Å². The summed E-state index contributed by atoms with van der Waals surface area (Å²) in [6.45, 7) is 6.46. The lowest BCUT2D eigenvalue weighted by atomic mass is 9.90. The van der Waals surface area contributed by atoms with Crippen LogP contribution in [0, 0.1) is 11.8 Å². The molecule has 1 saturated heterocycles. The number of rotatable bonds is 6.